The summed E-state index contributed by atoms with van der Waals surface area (Å²) in [7, 11) is 0. The molecule has 6 aromatic heterocycles. The lowest BCUT2D eigenvalue weighted by Crippen LogP contribution is -2.32. The quantitative estimate of drug-likeness (QED) is 0.0629. The molecule has 24 heteroatoms. The second-order valence-electron chi connectivity index (χ2n) is 18.7. The first-order valence-electron chi connectivity index (χ1n) is 23.9. The number of aryl methyl sites for hydroxylation is 3. The number of halogens is 6. The van der Waals surface area contributed by atoms with Crippen LogP contribution in [0.2, 0.25) is 0 Å². The molecule has 0 bridgehead atoms. The molecule has 1 unspecified atom stereocenters. The largest absolute Gasteiger partial charge is 0.387 e. The number of aromatic nitrogens is 9. The van der Waals surface area contributed by atoms with Gasteiger partial charge in [-0.1, -0.05) is 7.43 Å². The predicted octanol–water partition coefficient (Wildman–Crippen LogP) is 12.5. The first-order chi connectivity index (χ1) is 34.0. The van der Waals surface area contributed by atoms with E-state index < -0.39 is 36.1 Å². The molecule has 0 aromatic carbocycles. The summed E-state index contributed by atoms with van der Waals surface area (Å²) in [6, 6.07) is 4.86. The standard InChI is InChI=1S/3C16H20F2N4OS.CH4/c3*1-9-8-24-15(19-9)14-21-12(10(2)23)7-13(22-14)20-11-3-5-16(17,18)6-4-11;/h3*7-8,10-11,23H,3-6H2,1-2H3,(H,20,21,22);1H4/t2*10-;;/m10../s1. The maximum atomic E-state index is 13.3. The van der Waals surface area contributed by atoms with Gasteiger partial charge >= 0.3 is 0 Å². The minimum Gasteiger partial charge on any atom is -0.387 e. The monoisotopic (exact) mass is 1080 g/mol. The van der Waals surface area contributed by atoms with Gasteiger partial charge in [-0.3, -0.25) is 0 Å². The molecule has 15 nitrogen and oxygen atoms in total. The summed E-state index contributed by atoms with van der Waals surface area (Å²) in [5, 5.41) is 47.0. The van der Waals surface area contributed by atoms with Crippen LogP contribution in [0.5, 0.6) is 0 Å². The molecule has 6 aromatic rings. The SMILES string of the molecule is C.Cc1csc(-c2nc(NC3CCC(F)(F)CC3)cc(C(C)O)n2)n1.Cc1csc(-c2nc(NC3CCC(F)(F)CC3)cc([C@@H](C)O)n2)n1.Cc1csc(-c2nc(NC3CCC(F)(F)CC3)cc([C@H](C)O)n2)n1. The van der Waals surface area contributed by atoms with Gasteiger partial charge in [-0.15, -0.1) is 34.0 Å². The Morgan fingerprint density at radius 2 is 0.671 bits per heavy atom. The molecule has 0 saturated heterocycles. The van der Waals surface area contributed by atoms with Crippen LogP contribution in [0.3, 0.4) is 0 Å². The van der Waals surface area contributed by atoms with E-state index in [0.29, 0.717) is 106 Å². The molecule has 3 aliphatic rings. The fourth-order valence-corrected chi connectivity index (χ4v) is 10.3. The minimum atomic E-state index is -2.56. The predicted molar refractivity (Wildman–Crippen MR) is 275 cm³/mol. The summed E-state index contributed by atoms with van der Waals surface area (Å²) in [6.07, 6.45) is -0.547. The smallest absolute Gasteiger partial charge is 0.248 e. The van der Waals surface area contributed by atoms with Gasteiger partial charge in [-0.25, -0.2) is 71.2 Å². The van der Waals surface area contributed by atoms with Gasteiger partial charge < -0.3 is 31.3 Å². The third kappa shape index (κ3) is 16.7. The van der Waals surface area contributed by atoms with Crippen molar-refractivity contribution in [3.63, 3.8) is 0 Å². The number of nitrogens with one attached hydrogen (secondary N) is 3. The number of hydrogen-bond donors (Lipinski definition) is 6. The van der Waals surface area contributed by atoms with Crippen LogP contribution in [0.1, 0.15) is 158 Å². The summed E-state index contributed by atoms with van der Waals surface area (Å²) in [5.41, 5.74) is 4.09. The number of aliphatic hydroxyl groups is 3. The molecule has 0 amide bonds. The van der Waals surface area contributed by atoms with E-state index in [4.69, 9.17) is 0 Å². The molecule has 73 heavy (non-hydrogen) atoms. The van der Waals surface area contributed by atoms with Crippen molar-refractivity contribution in [2.75, 3.05) is 16.0 Å². The highest BCUT2D eigenvalue weighted by atomic mass is 32.1. The van der Waals surface area contributed by atoms with Crippen LogP contribution in [0, 0.1) is 20.8 Å². The fourth-order valence-electron chi connectivity index (χ4n) is 8.10. The van der Waals surface area contributed by atoms with Gasteiger partial charge in [0.05, 0.1) is 35.4 Å². The van der Waals surface area contributed by atoms with Gasteiger partial charge in [0.1, 0.15) is 17.5 Å². The van der Waals surface area contributed by atoms with Crippen molar-refractivity contribution < 1.29 is 41.7 Å². The van der Waals surface area contributed by atoms with E-state index in [9.17, 15) is 41.7 Å². The minimum absolute atomic E-state index is 0. The Balaban J connectivity index is 0.000000177. The second kappa shape index (κ2) is 24.6. The van der Waals surface area contributed by atoms with Crippen molar-refractivity contribution in [2.45, 2.75) is 180 Å². The summed E-state index contributed by atoms with van der Waals surface area (Å²) < 4.78 is 79.7. The zero-order chi connectivity index (χ0) is 52.0. The fraction of sp³-hybridized carbons (Fsp3) is 0.571. The number of anilines is 3. The maximum absolute atomic E-state index is 13.3. The Hall–Kier alpha value is -5.01. The summed E-state index contributed by atoms with van der Waals surface area (Å²) in [5.74, 6) is -4.73. The lowest BCUT2D eigenvalue weighted by Gasteiger charge is -2.29. The Morgan fingerprint density at radius 1 is 0.438 bits per heavy atom. The number of nitrogens with zero attached hydrogens (tertiary/aromatic N) is 9. The van der Waals surface area contributed by atoms with E-state index in [1.165, 1.54) is 34.0 Å². The van der Waals surface area contributed by atoms with Gasteiger partial charge in [0.25, 0.3) is 0 Å². The van der Waals surface area contributed by atoms with Crippen molar-refractivity contribution in [1.29, 1.82) is 0 Å². The Bertz CT molecular complexity index is 2420. The molecule has 0 spiro atoms. The summed E-state index contributed by atoms with van der Waals surface area (Å²) in [6.45, 7) is 10.6. The molecule has 398 valence electrons. The van der Waals surface area contributed by atoms with E-state index in [1.807, 2.05) is 36.9 Å². The van der Waals surface area contributed by atoms with Crippen LogP contribution in [0.15, 0.2) is 34.3 Å². The van der Waals surface area contributed by atoms with E-state index >= 15 is 0 Å². The molecule has 6 heterocycles. The van der Waals surface area contributed by atoms with Gasteiger partial charge in [0.15, 0.2) is 32.5 Å². The average Bonchev–Trinajstić information content (AvgIpc) is 4.10. The Labute approximate surface area is 433 Å². The van der Waals surface area contributed by atoms with Crippen molar-refractivity contribution in [2.24, 2.45) is 0 Å². The van der Waals surface area contributed by atoms with Gasteiger partial charge in [-0.05, 0) is 80.1 Å². The molecule has 3 aliphatic carbocycles. The molecular formula is C49H64F6N12O3S3. The summed E-state index contributed by atoms with van der Waals surface area (Å²) >= 11 is 4.30. The molecule has 0 aliphatic heterocycles. The van der Waals surface area contributed by atoms with Crippen molar-refractivity contribution in [3.8, 4) is 32.5 Å². The third-order valence-electron chi connectivity index (χ3n) is 12.2. The van der Waals surface area contributed by atoms with E-state index in [0.717, 1.165) is 17.1 Å². The van der Waals surface area contributed by atoms with Crippen LogP contribution < -0.4 is 16.0 Å². The maximum Gasteiger partial charge on any atom is 0.248 e. The summed E-state index contributed by atoms with van der Waals surface area (Å²) in [4.78, 5) is 39.6. The lowest BCUT2D eigenvalue weighted by molar-refractivity contribution is -0.0366. The number of rotatable bonds is 12. The normalized spacial score (nSPS) is 18.9. The average molecular weight is 1080 g/mol. The van der Waals surface area contributed by atoms with E-state index in [1.54, 1.807) is 39.0 Å². The molecular weight excluding hydrogens is 1010 g/mol. The first-order valence-corrected chi connectivity index (χ1v) is 26.5. The Kier molecular flexibility index (Phi) is 19.3. The van der Waals surface area contributed by atoms with Crippen molar-refractivity contribution in [3.05, 3.63) is 68.5 Å². The molecule has 0 radical (unpaired) electrons. The van der Waals surface area contributed by atoms with Crippen molar-refractivity contribution >= 4 is 51.5 Å². The van der Waals surface area contributed by atoms with Crippen LogP contribution in [-0.4, -0.2) is 96.1 Å². The topological polar surface area (TPSA) is 213 Å². The first kappa shape index (κ1) is 57.3. The van der Waals surface area contributed by atoms with Crippen LogP contribution in [-0.2, 0) is 0 Å². The van der Waals surface area contributed by atoms with Crippen molar-refractivity contribution in [1.82, 2.24) is 44.9 Å². The number of thiazole rings is 3. The number of alkyl halides is 6. The van der Waals surface area contributed by atoms with Gasteiger partial charge in [0.2, 0.25) is 17.8 Å². The van der Waals surface area contributed by atoms with Gasteiger partial charge in [0, 0.05) is 108 Å². The second-order valence-corrected chi connectivity index (χ2v) is 21.3. The van der Waals surface area contributed by atoms with Crippen LogP contribution in [0.25, 0.3) is 32.5 Å². The molecule has 3 fully saturated rings. The van der Waals surface area contributed by atoms with Crippen LogP contribution in [0.4, 0.5) is 43.8 Å². The molecule has 6 N–H and O–H groups in total. The van der Waals surface area contributed by atoms with Crippen LogP contribution >= 0.6 is 34.0 Å². The zero-order valence-electron chi connectivity index (χ0n) is 40.8. The lowest BCUT2D eigenvalue weighted by atomic mass is 9.92. The molecule has 3 atom stereocenters. The van der Waals surface area contributed by atoms with Gasteiger partial charge in [-0.2, -0.15) is 0 Å². The van der Waals surface area contributed by atoms with E-state index in [-0.39, 0.29) is 64.1 Å². The third-order valence-corrected chi connectivity index (χ3v) is 15.0. The molecule has 9 rings (SSSR count). The number of hydrogen-bond acceptors (Lipinski definition) is 18. The highest BCUT2D eigenvalue weighted by molar-refractivity contribution is 7.13. The highest BCUT2D eigenvalue weighted by Gasteiger charge is 2.37. The van der Waals surface area contributed by atoms with E-state index in [2.05, 4.69) is 60.8 Å². The number of aliphatic hydroxyl groups excluding tert-OH is 3. The highest BCUT2D eigenvalue weighted by Crippen LogP contribution is 2.37. The molecule has 3 saturated carbocycles. The Morgan fingerprint density at radius 3 is 0.863 bits per heavy atom. The zero-order valence-corrected chi connectivity index (χ0v) is 43.2.